The normalized spacial score (nSPS) is 12.5. The molecule has 0 saturated carbocycles. The van der Waals surface area contributed by atoms with Gasteiger partial charge in [0.05, 0.1) is 6.61 Å². The fourth-order valence-corrected chi connectivity index (χ4v) is 1.12. The summed E-state index contributed by atoms with van der Waals surface area (Å²) in [4.78, 5) is 11.2. The Morgan fingerprint density at radius 3 is 2.50 bits per heavy atom. The summed E-state index contributed by atoms with van der Waals surface area (Å²) in [6, 6.07) is -0.189. The standard InChI is InChI=1S/C11H23NO2/c1-4-5-6-7-8-9-14-11(13)10(2)12-3/h10,12H,4-9H2,1-3H3. The minimum Gasteiger partial charge on any atom is -0.465 e. The fourth-order valence-electron chi connectivity index (χ4n) is 1.12. The van der Waals surface area contributed by atoms with Crippen molar-refractivity contribution in [2.24, 2.45) is 0 Å². The molecule has 0 aliphatic rings. The number of hydrogen-bond acceptors (Lipinski definition) is 3. The van der Waals surface area contributed by atoms with Gasteiger partial charge in [0, 0.05) is 0 Å². The number of ether oxygens (including phenoxy) is 1. The average molecular weight is 201 g/mol. The molecule has 0 heterocycles. The first kappa shape index (κ1) is 13.4. The third kappa shape index (κ3) is 6.89. The molecule has 84 valence electrons. The number of unbranched alkanes of at least 4 members (excludes halogenated alkanes) is 4. The molecule has 0 bridgehead atoms. The summed E-state index contributed by atoms with van der Waals surface area (Å²) < 4.78 is 5.07. The molecule has 0 radical (unpaired) electrons. The molecular weight excluding hydrogens is 178 g/mol. The van der Waals surface area contributed by atoms with Crippen molar-refractivity contribution in [3.05, 3.63) is 0 Å². The van der Waals surface area contributed by atoms with Gasteiger partial charge < -0.3 is 10.1 Å². The zero-order valence-electron chi connectivity index (χ0n) is 9.64. The monoisotopic (exact) mass is 201 g/mol. The molecule has 0 spiro atoms. The van der Waals surface area contributed by atoms with E-state index in [4.69, 9.17) is 4.74 Å². The maximum absolute atomic E-state index is 11.2. The molecule has 14 heavy (non-hydrogen) atoms. The maximum atomic E-state index is 11.2. The van der Waals surface area contributed by atoms with Gasteiger partial charge in [0.1, 0.15) is 6.04 Å². The molecule has 1 atom stereocenters. The van der Waals surface area contributed by atoms with E-state index in [0.29, 0.717) is 6.61 Å². The van der Waals surface area contributed by atoms with E-state index in [1.54, 1.807) is 14.0 Å². The lowest BCUT2D eigenvalue weighted by Crippen LogP contribution is -2.32. The van der Waals surface area contributed by atoms with Crippen molar-refractivity contribution in [3.8, 4) is 0 Å². The van der Waals surface area contributed by atoms with E-state index in [1.807, 2.05) is 0 Å². The smallest absolute Gasteiger partial charge is 0.322 e. The van der Waals surface area contributed by atoms with Crippen LogP contribution in [0.5, 0.6) is 0 Å². The van der Waals surface area contributed by atoms with Crippen LogP contribution >= 0.6 is 0 Å². The molecule has 0 amide bonds. The van der Waals surface area contributed by atoms with E-state index in [9.17, 15) is 4.79 Å². The van der Waals surface area contributed by atoms with Gasteiger partial charge in [-0.2, -0.15) is 0 Å². The lowest BCUT2D eigenvalue weighted by Gasteiger charge is -2.09. The van der Waals surface area contributed by atoms with Crippen molar-refractivity contribution in [3.63, 3.8) is 0 Å². The summed E-state index contributed by atoms with van der Waals surface area (Å²) in [6.45, 7) is 4.56. The van der Waals surface area contributed by atoms with Crippen molar-refractivity contribution >= 4 is 5.97 Å². The van der Waals surface area contributed by atoms with Crippen molar-refractivity contribution in [2.75, 3.05) is 13.7 Å². The van der Waals surface area contributed by atoms with E-state index in [-0.39, 0.29) is 12.0 Å². The number of rotatable bonds is 8. The highest BCUT2D eigenvalue weighted by Crippen LogP contribution is 2.02. The quantitative estimate of drug-likeness (QED) is 0.483. The second-order valence-corrected chi connectivity index (χ2v) is 3.59. The van der Waals surface area contributed by atoms with Crippen LogP contribution < -0.4 is 5.32 Å². The Morgan fingerprint density at radius 1 is 1.29 bits per heavy atom. The van der Waals surface area contributed by atoms with Crippen LogP contribution in [0, 0.1) is 0 Å². The highest BCUT2D eigenvalue weighted by atomic mass is 16.5. The van der Waals surface area contributed by atoms with E-state index >= 15 is 0 Å². The minimum absolute atomic E-state index is 0.150. The summed E-state index contributed by atoms with van der Waals surface area (Å²) in [6.07, 6.45) is 5.92. The molecule has 0 saturated heterocycles. The zero-order valence-corrected chi connectivity index (χ0v) is 9.64. The third-order valence-electron chi connectivity index (χ3n) is 2.28. The largest absolute Gasteiger partial charge is 0.465 e. The molecule has 0 rings (SSSR count). The summed E-state index contributed by atoms with van der Waals surface area (Å²) in [5, 5.41) is 2.85. The first-order valence-corrected chi connectivity index (χ1v) is 5.56. The highest BCUT2D eigenvalue weighted by Gasteiger charge is 2.10. The van der Waals surface area contributed by atoms with Gasteiger partial charge in [0.25, 0.3) is 0 Å². The number of hydrogen-bond donors (Lipinski definition) is 1. The minimum atomic E-state index is -0.189. The van der Waals surface area contributed by atoms with Gasteiger partial charge in [-0.3, -0.25) is 4.79 Å². The van der Waals surface area contributed by atoms with Crippen LogP contribution in [0.2, 0.25) is 0 Å². The Bertz CT molecular complexity index is 148. The van der Waals surface area contributed by atoms with Gasteiger partial charge in [-0.25, -0.2) is 0 Å². The maximum Gasteiger partial charge on any atom is 0.322 e. The first-order valence-electron chi connectivity index (χ1n) is 5.56. The topological polar surface area (TPSA) is 38.3 Å². The summed E-state index contributed by atoms with van der Waals surface area (Å²) in [5.74, 6) is -0.150. The number of esters is 1. The Hall–Kier alpha value is -0.570. The molecule has 0 aromatic rings. The van der Waals surface area contributed by atoms with Crippen molar-refractivity contribution in [2.45, 2.75) is 52.0 Å². The van der Waals surface area contributed by atoms with Crippen LogP contribution in [-0.4, -0.2) is 25.7 Å². The Kier molecular flexibility index (Phi) is 8.64. The predicted molar refractivity (Wildman–Crippen MR) is 58.2 cm³/mol. The predicted octanol–water partition coefficient (Wildman–Crippen LogP) is 2.11. The average Bonchev–Trinajstić information content (AvgIpc) is 2.21. The lowest BCUT2D eigenvalue weighted by atomic mass is 10.2. The van der Waals surface area contributed by atoms with Crippen LogP contribution in [-0.2, 0) is 9.53 Å². The van der Waals surface area contributed by atoms with Gasteiger partial charge in [-0.15, -0.1) is 0 Å². The fraction of sp³-hybridized carbons (Fsp3) is 0.909. The Labute approximate surface area is 87.2 Å². The Morgan fingerprint density at radius 2 is 1.93 bits per heavy atom. The molecule has 1 N–H and O–H groups in total. The van der Waals surface area contributed by atoms with E-state index in [2.05, 4.69) is 12.2 Å². The van der Waals surface area contributed by atoms with Crippen molar-refractivity contribution in [1.29, 1.82) is 0 Å². The summed E-state index contributed by atoms with van der Waals surface area (Å²) in [7, 11) is 1.76. The molecule has 0 aromatic carbocycles. The molecule has 0 aliphatic heterocycles. The SMILES string of the molecule is CCCCCCCOC(=O)C(C)NC. The van der Waals surface area contributed by atoms with Gasteiger partial charge in [-0.05, 0) is 20.4 Å². The molecule has 3 nitrogen and oxygen atoms in total. The highest BCUT2D eigenvalue weighted by molar-refractivity contribution is 5.75. The number of carbonyl (C=O) groups is 1. The molecule has 3 heteroatoms. The van der Waals surface area contributed by atoms with Crippen molar-refractivity contribution in [1.82, 2.24) is 5.32 Å². The van der Waals surface area contributed by atoms with Gasteiger partial charge >= 0.3 is 5.97 Å². The van der Waals surface area contributed by atoms with Crippen LogP contribution in [0.25, 0.3) is 0 Å². The van der Waals surface area contributed by atoms with E-state index < -0.39 is 0 Å². The summed E-state index contributed by atoms with van der Waals surface area (Å²) >= 11 is 0. The second kappa shape index (κ2) is 9.00. The summed E-state index contributed by atoms with van der Waals surface area (Å²) in [5.41, 5.74) is 0. The number of nitrogens with one attached hydrogen (secondary N) is 1. The zero-order chi connectivity index (χ0) is 10.8. The second-order valence-electron chi connectivity index (χ2n) is 3.59. The molecule has 1 unspecified atom stereocenters. The van der Waals surface area contributed by atoms with Gasteiger partial charge in [0.2, 0.25) is 0 Å². The lowest BCUT2D eigenvalue weighted by molar-refractivity contribution is -0.145. The van der Waals surface area contributed by atoms with E-state index in [0.717, 1.165) is 12.8 Å². The molecule has 0 aliphatic carbocycles. The van der Waals surface area contributed by atoms with Crippen LogP contribution in [0.1, 0.15) is 46.0 Å². The molecule has 0 fully saturated rings. The van der Waals surface area contributed by atoms with Crippen LogP contribution in [0.4, 0.5) is 0 Å². The van der Waals surface area contributed by atoms with Gasteiger partial charge in [-0.1, -0.05) is 32.6 Å². The Balaban J connectivity index is 3.23. The van der Waals surface area contributed by atoms with E-state index in [1.165, 1.54) is 19.3 Å². The van der Waals surface area contributed by atoms with Crippen molar-refractivity contribution < 1.29 is 9.53 Å². The van der Waals surface area contributed by atoms with Crippen LogP contribution in [0.15, 0.2) is 0 Å². The molecular formula is C11H23NO2. The first-order chi connectivity index (χ1) is 6.72. The number of likely N-dealkylation sites (N-methyl/N-ethyl adjacent to an activating group) is 1. The van der Waals surface area contributed by atoms with Crippen LogP contribution in [0.3, 0.4) is 0 Å². The number of carbonyl (C=O) groups excluding carboxylic acids is 1. The van der Waals surface area contributed by atoms with Gasteiger partial charge in [0.15, 0.2) is 0 Å². The molecule has 0 aromatic heterocycles. The third-order valence-corrected chi connectivity index (χ3v) is 2.28.